The first-order valence-corrected chi connectivity index (χ1v) is 13.8. The quantitative estimate of drug-likeness (QED) is 0.463. The number of benzene rings is 2. The van der Waals surface area contributed by atoms with Crippen molar-refractivity contribution in [3.63, 3.8) is 0 Å². The first-order valence-electron chi connectivity index (χ1n) is 11.8. The Morgan fingerprint density at radius 1 is 1.16 bits per heavy atom. The molecule has 37 heavy (non-hydrogen) atoms. The van der Waals surface area contributed by atoms with Crippen molar-refractivity contribution in [1.82, 2.24) is 9.97 Å². The van der Waals surface area contributed by atoms with E-state index in [2.05, 4.69) is 21.4 Å². The lowest BCUT2D eigenvalue weighted by Gasteiger charge is -2.29. The van der Waals surface area contributed by atoms with Crippen LogP contribution in [0.3, 0.4) is 0 Å². The van der Waals surface area contributed by atoms with Gasteiger partial charge in [0.2, 0.25) is 5.95 Å². The molecule has 0 aliphatic carbocycles. The van der Waals surface area contributed by atoms with Crippen molar-refractivity contribution in [3.05, 3.63) is 76.2 Å². The van der Waals surface area contributed by atoms with Gasteiger partial charge in [-0.3, -0.25) is 4.79 Å². The number of sulfone groups is 1. The Kier molecular flexibility index (Phi) is 6.87. The molecule has 192 valence electrons. The first-order chi connectivity index (χ1) is 17.7. The van der Waals surface area contributed by atoms with Crippen molar-refractivity contribution in [3.8, 4) is 0 Å². The summed E-state index contributed by atoms with van der Waals surface area (Å²) in [7, 11) is -3.66. The lowest BCUT2D eigenvalue weighted by atomic mass is 10.00. The number of aliphatic carboxylic acids is 1. The molecule has 3 aromatic rings. The number of carbonyl (C=O) groups is 1. The second kappa shape index (κ2) is 10.1. The van der Waals surface area contributed by atoms with Gasteiger partial charge in [-0.25, -0.2) is 17.8 Å². The maximum Gasteiger partial charge on any atom is 0.307 e. The molecule has 0 amide bonds. The number of rotatable bonds is 6. The highest BCUT2D eigenvalue weighted by atomic mass is 35.5. The fourth-order valence-electron chi connectivity index (χ4n) is 4.61. The third kappa shape index (κ3) is 5.45. The number of aryl methyl sites for hydroxylation is 1. The van der Waals surface area contributed by atoms with Gasteiger partial charge in [-0.2, -0.15) is 4.98 Å². The Bertz CT molecular complexity index is 1530. The van der Waals surface area contributed by atoms with E-state index < -0.39 is 21.6 Å². The smallest absolute Gasteiger partial charge is 0.307 e. The van der Waals surface area contributed by atoms with E-state index in [1.807, 2.05) is 29.2 Å². The predicted octanol–water partition coefficient (Wildman–Crippen LogP) is 4.65. The number of hydrogen-bond donors (Lipinski definition) is 2. The fraction of sp³-hybridized carbons (Fsp3) is 0.269. The molecular formula is C26H24ClFN4O4S. The molecule has 0 saturated carbocycles. The Morgan fingerprint density at radius 2 is 2.00 bits per heavy atom. The normalized spacial score (nSPS) is 16.6. The van der Waals surface area contributed by atoms with Gasteiger partial charge < -0.3 is 15.3 Å². The third-order valence-electron chi connectivity index (χ3n) is 6.39. The summed E-state index contributed by atoms with van der Waals surface area (Å²) in [5.74, 6) is -1.42. The zero-order valence-electron chi connectivity index (χ0n) is 19.7. The number of halogens is 2. The van der Waals surface area contributed by atoms with E-state index in [1.165, 1.54) is 12.1 Å². The number of carboxylic acid groups (broad SMARTS) is 1. The van der Waals surface area contributed by atoms with Crippen LogP contribution in [0.4, 0.5) is 21.8 Å². The van der Waals surface area contributed by atoms with Crippen LogP contribution in [0.25, 0.3) is 5.57 Å². The van der Waals surface area contributed by atoms with Crippen LogP contribution in [0.5, 0.6) is 0 Å². The Labute approximate surface area is 218 Å². The molecule has 0 saturated heterocycles. The SMILES string of the molecule is O=C(O)Cc1ccc(Nc2nc(N3CC=C(c4cccc(Cl)c4)CC3)nc3c2S(=O)(=O)CCC3)c(F)c1. The summed E-state index contributed by atoms with van der Waals surface area (Å²) >= 11 is 6.14. The number of nitrogens with one attached hydrogen (secondary N) is 1. The molecule has 1 aromatic heterocycles. The molecule has 8 nitrogen and oxygen atoms in total. The van der Waals surface area contributed by atoms with Crippen LogP contribution < -0.4 is 10.2 Å². The van der Waals surface area contributed by atoms with Gasteiger partial charge in [0.1, 0.15) is 10.7 Å². The van der Waals surface area contributed by atoms with E-state index in [9.17, 15) is 17.6 Å². The molecule has 2 aliphatic heterocycles. The lowest BCUT2D eigenvalue weighted by Crippen LogP contribution is -2.31. The largest absolute Gasteiger partial charge is 0.481 e. The Hall–Kier alpha value is -3.50. The Balaban J connectivity index is 1.48. The van der Waals surface area contributed by atoms with Gasteiger partial charge in [0.05, 0.1) is 23.6 Å². The number of carboxylic acids is 1. The van der Waals surface area contributed by atoms with Gasteiger partial charge >= 0.3 is 5.97 Å². The van der Waals surface area contributed by atoms with E-state index in [0.717, 1.165) is 23.6 Å². The highest BCUT2D eigenvalue weighted by Gasteiger charge is 2.31. The summed E-state index contributed by atoms with van der Waals surface area (Å²) < 4.78 is 40.7. The van der Waals surface area contributed by atoms with Crippen LogP contribution in [-0.2, 0) is 27.5 Å². The molecule has 3 heterocycles. The molecule has 2 N–H and O–H groups in total. The van der Waals surface area contributed by atoms with E-state index in [0.29, 0.717) is 48.2 Å². The molecule has 11 heteroatoms. The topological polar surface area (TPSA) is 112 Å². The second-order valence-electron chi connectivity index (χ2n) is 9.02. The van der Waals surface area contributed by atoms with Gasteiger partial charge in [0.15, 0.2) is 15.7 Å². The molecule has 2 aliphatic rings. The van der Waals surface area contributed by atoms with Crippen LogP contribution in [0, 0.1) is 5.82 Å². The predicted molar refractivity (Wildman–Crippen MR) is 140 cm³/mol. The summed E-state index contributed by atoms with van der Waals surface area (Å²) in [4.78, 5) is 22.0. The minimum absolute atomic E-state index is 0.00328. The van der Waals surface area contributed by atoms with Crippen molar-refractivity contribution in [2.75, 3.05) is 29.1 Å². The van der Waals surface area contributed by atoms with Crippen LogP contribution in [0.1, 0.15) is 29.7 Å². The minimum atomic E-state index is -3.66. The van der Waals surface area contributed by atoms with Crippen molar-refractivity contribution < 1.29 is 22.7 Å². The summed E-state index contributed by atoms with van der Waals surface area (Å²) in [5, 5.41) is 12.5. The molecule has 0 radical (unpaired) electrons. The Morgan fingerprint density at radius 3 is 2.70 bits per heavy atom. The average Bonchev–Trinajstić information content (AvgIpc) is 2.85. The molecule has 2 aromatic carbocycles. The van der Waals surface area contributed by atoms with Crippen LogP contribution in [-0.4, -0.2) is 48.3 Å². The highest BCUT2D eigenvalue weighted by molar-refractivity contribution is 7.91. The molecular weight excluding hydrogens is 519 g/mol. The monoisotopic (exact) mass is 542 g/mol. The van der Waals surface area contributed by atoms with Gasteiger partial charge in [-0.1, -0.05) is 35.9 Å². The van der Waals surface area contributed by atoms with Crippen LogP contribution in [0.2, 0.25) is 5.02 Å². The van der Waals surface area contributed by atoms with Crippen LogP contribution in [0.15, 0.2) is 53.4 Å². The summed E-state index contributed by atoms with van der Waals surface area (Å²) in [6, 6.07) is 11.6. The van der Waals surface area contributed by atoms with E-state index >= 15 is 0 Å². The summed E-state index contributed by atoms with van der Waals surface area (Å²) in [5.41, 5.74) is 2.91. The van der Waals surface area contributed by atoms with Crippen molar-refractivity contribution >= 4 is 50.4 Å². The molecule has 0 fully saturated rings. The summed E-state index contributed by atoms with van der Waals surface area (Å²) in [6.07, 6.45) is 3.39. The first kappa shape index (κ1) is 25.2. The minimum Gasteiger partial charge on any atom is -0.481 e. The number of hydrogen-bond acceptors (Lipinski definition) is 7. The maximum atomic E-state index is 14.8. The van der Waals surface area contributed by atoms with Gasteiger partial charge in [0.25, 0.3) is 0 Å². The molecule has 0 unspecified atom stereocenters. The van der Waals surface area contributed by atoms with Crippen LogP contribution >= 0.6 is 11.6 Å². The number of aromatic nitrogens is 2. The molecule has 0 spiro atoms. The average molecular weight is 543 g/mol. The van der Waals surface area contributed by atoms with E-state index in [1.54, 1.807) is 0 Å². The maximum absolute atomic E-state index is 14.8. The number of fused-ring (bicyclic) bond motifs is 1. The van der Waals surface area contributed by atoms with Gasteiger partial charge in [-0.15, -0.1) is 0 Å². The highest BCUT2D eigenvalue weighted by Crippen LogP contribution is 2.35. The third-order valence-corrected chi connectivity index (χ3v) is 8.50. The number of nitrogens with zero attached hydrogens (tertiary/aromatic N) is 3. The zero-order valence-corrected chi connectivity index (χ0v) is 21.3. The second-order valence-corrected chi connectivity index (χ2v) is 11.5. The zero-order chi connectivity index (χ0) is 26.2. The molecule has 5 rings (SSSR count). The van der Waals surface area contributed by atoms with Gasteiger partial charge in [-0.05, 0) is 60.2 Å². The fourth-order valence-corrected chi connectivity index (χ4v) is 6.43. The van der Waals surface area contributed by atoms with Crippen molar-refractivity contribution in [1.29, 1.82) is 0 Å². The molecule has 0 bridgehead atoms. The van der Waals surface area contributed by atoms with Gasteiger partial charge in [0, 0.05) is 18.1 Å². The van der Waals surface area contributed by atoms with Crippen molar-refractivity contribution in [2.24, 2.45) is 0 Å². The number of anilines is 3. The van der Waals surface area contributed by atoms with Crippen molar-refractivity contribution in [2.45, 2.75) is 30.6 Å². The van der Waals surface area contributed by atoms with E-state index in [-0.39, 0.29) is 28.6 Å². The molecule has 0 atom stereocenters. The summed E-state index contributed by atoms with van der Waals surface area (Å²) in [6.45, 7) is 1.13. The lowest BCUT2D eigenvalue weighted by molar-refractivity contribution is -0.136. The standard InChI is InChI=1S/C26H24ClFN4O4S/c27-19-4-1-3-18(15-19)17-8-10-32(11-9-17)26-30-22-5-2-12-37(35,36)24(22)25(31-26)29-21-7-6-16(13-20(21)28)14-23(33)34/h1,3-4,6-8,13,15H,2,5,9-12,14H2,(H,33,34)(H,29,30,31). The van der Waals surface area contributed by atoms with E-state index in [4.69, 9.17) is 16.7 Å².